The van der Waals surface area contributed by atoms with E-state index in [9.17, 15) is 13.2 Å². The van der Waals surface area contributed by atoms with Crippen molar-refractivity contribution < 1.29 is 13.2 Å². The molecule has 0 radical (unpaired) electrons. The molecular weight excluding hydrogens is 328 g/mol. The molecule has 8 heteroatoms. The van der Waals surface area contributed by atoms with Gasteiger partial charge in [-0.2, -0.15) is 5.10 Å². The zero-order chi connectivity index (χ0) is 17.3. The summed E-state index contributed by atoms with van der Waals surface area (Å²) in [6, 6.07) is 6.01. The molecule has 7 nitrogen and oxygen atoms in total. The van der Waals surface area contributed by atoms with Crippen LogP contribution in [0.5, 0.6) is 0 Å². The summed E-state index contributed by atoms with van der Waals surface area (Å²) in [6.07, 6.45) is 5.89. The van der Waals surface area contributed by atoms with Gasteiger partial charge in [0.2, 0.25) is 0 Å². The molecule has 1 fully saturated rings. The number of benzene rings is 1. The van der Waals surface area contributed by atoms with Crippen LogP contribution >= 0.6 is 0 Å². The van der Waals surface area contributed by atoms with Crippen molar-refractivity contribution in [2.24, 2.45) is 7.05 Å². The quantitative estimate of drug-likeness (QED) is 0.917. The molecular formula is C16H20N4O3S. The van der Waals surface area contributed by atoms with Gasteiger partial charge in [0.15, 0.2) is 9.84 Å². The number of aromatic nitrogens is 2. The first-order chi connectivity index (χ1) is 11.3. The number of carbonyl (C=O) groups is 1. The number of aryl methyl sites for hydroxylation is 1. The summed E-state index contributed by atoms with van der Waals surface area (Å²) in [7, 11) is -1.35. The van der Waals surface area contributed by atoms with Crippen molar-refractivity contribution >= 4 is 21.6 Å². The van der Waals surface area contributed by atoms with Gasteiger partial charge in [-0.1, -0.05) is 0 Å². The minimum absolute atomic E-state index is 0.173. The highest BCUT2D eigenvalue weighted by Gasteiger charge is 2.28. The highest BCUT2D eigenvalue weighted by atomic mass is 32.2. The number of anilines is 1. The Morgan fingerprint density at radius 3 is 2.58 bits per heavy atom. The minimum atomic E-state index is -3.23. The smallest absolute Gasteiger partial charge is 0.321 e. The molecule has 1 atom stereocenters. The Balaban J connectivity index is 1.61. The molecule has 1 unspecified atom stereocenters. The molecule has 1 aliphatic rings. The van der Waals surface area contributed by atoms with Gasteiger partial charge in [-0.25, -0.2) is 13.2 Å². The van der Waals surface area contributed by atoms with Crippen molar-refractivity contribution in [3.8, 4) is 0 Å². The SMILES string of the molecule is Cn1cc(C2CCN(C(=O)Nc3ccc(S(C)(=O)=O)cc3)C2)cn1. The zero-order valence-corrected chi connectivity index (χ0v) is 14.5. The standard InChI is InChI=1S/C16H20N4O3S/c1-19-10-13(9-17-19)12-7-8-20(11-12)16(21)18-14-3-5-15(6-4-14)24(2,22)23/h3-6,9-10,12H,7-8,11H2,1-2H3,(H,18,21). The molecule has 2 aromatic rings. The molecule has 0 spiro atoms. The Morgan fingerprint density at radius 2 is 2.00 bits per heavy atom. The highest BCUT2D eigenvalue weighted by molar-refractivity contribution is 7.90. The number of rotatable bonds is 3. The van der Waals surface area contributed by atoms with E-state index >= 15 is 0 Å². The third-order valence-corrected chi connectivity index (χ3v) is 5.33. The van der Waals surface area contributed by atoms with Crippen LogP contribution in [0.25, 0.3) is 0 Å². The number of nitrogens with zero attached hydrogens (tertiary/aromatic N) is 3. The molecule has 1 aromatic carbocycles. The fourth-order valence-corrected chi connectivity index (χ4v) is 3.49. The van der Waals surface area contributed by atoms with Crippen LogP contribution in [0.2, 0.25) is 0 Å². The maximum atomic E-state index is 12.4. The molecule has 128 valence electrons. The predicted molar refractivity (Wildman–Crippen MR) is 90.7 cm³/mol. The van der Waals surface area contributed by atoms with Gasteiger partial charge in [-0.05, 0) is 36.2 Å². The molecule has 2 heterocycles. The van der Waals surface area contributed by atoms with Crippen molar-refractivity contribution in [2.45, 2.75) is 17.2 Å². The lowest BCUT2D eigenvalue weighted by Crippen LogP contribution is -2.32. The Morgan fingerprint density at radius 1 is 1.29 bits per heavy atom. The predicted octanol–water partition coefficient (Wildman–Crippen LogP) is 1.84. The van der Waals surface area contributed by atoms with E-state index in [-0.39, 0.29) is 10.9 Å². The summed E-state index contributed by atoms with van der Waals surface area (Å²) in [6.45, 7) is 1.34. The maximum absolute atomic E-state index is 12.4. The number of hydrogen-bond donors (Lipinski definition) is 1. The summed E-state index contributed by atoms with van der Waals surface area (Å²) in [5.74, 6) is 0.303. The number of likely N-dealkylation sites (tertiary alicyclic amines) is 1. The lowest BCUT2D eigenvalue weighted by Gasteiger charge is -2.17. The zero-order valence-electron chi connectivity index (χ0n) is 13.6. The van der Waals surface area contributed by atoms with E-state index in [2.05, 4.69) is 10.4 Å². The van der Waals surface area contributed by atoms with Gasteiger partial charge in [-0.15, -0.1) is 0 Å². The topological polar surface area (TPSA) is 84.3 Å². The average molecular weight is 348 g/mol. The van der Waals surface area contributed by atoms with E-state index in [1.54, 1.807) is 21.7 Å². The summed E-state index contributed by atoms with van der Waals surface area (Å²) in [4.78, 5) is 14.4. The largest absolute Gasteiger partial charge is 0.324 e. The van der Waals surface area contributed by atoms with Crippen LogP contribution < -0.4 is 5.32 Å². The second-order valence-electron chi connectivity index (χ2n) is 6.11. The monoisotopic (exact) mass is 348 g/mol. The fraction of sp³-hybridized carbons (Fsp3) is 0.375. The van der Waals surface area contributed by atoms with Crippen LogP contribution in [0, 0.1) is 0 Å². The third kappa shape index (κ3) is 3.59. The van der Waals surface area contributed by atoms with Gasteiger partial charge in [0.25, 0.3) is 0 Å². The fourth-order valence-electron chi connectivity index (χ4n) is 2.86. The molecule has 3 rings (SSSR count). The Kier molecular flexibility index (Phi) is 4.31. The Bertz CT molecular complexity index is 842. The van der Waals surface area contributed by atoms with E-state index in [0.717, 1.165) is 18.2 Å². The van der Waals surface area contributed by atoms with E-state index in [1.807, 2.05) is 19.4 Å². The van der Waals surface area contributed by atoms with E-state index < -0.39 is 9.84 Å². The molecule has 1 saturated heterocycles. The van der Waals surface area contributed by atoms with E-state index in [4.69, 9.17) is 0 Å². The normalized spacial score (nSPS) is 17.9. The maximum Gasteiger partial charge on any atom is 0.321 e. The first-order valence-electron chi connectivity index (χ1n) is 7.67. The molecule has 1 aromatic heterocycles. The molecule has 1 aliphatic heterocycles. The molecule has 24 heavy (non-hydrogen) atoms. The van der Waals surface area contributed by atoms with Crippen LogP contribution in [0.1, 0.15) is 17.9 Å². The van der Waals surface area contributed by atoms with E-state index in [0.29, 0.717) is 24.7 Å². The molecule has 2 amide bonds. The van der Waals surface area contributed by atoms with Gasteiger partial charge in [0.05, 0.1) is 11.1 Å². The van der Waals surface area contributed by atoms with Crippen molar-refractivity contribution in [1.29, 1.82) is 0 Å². The van der Waals surface area contributed by atoms with Gasteiger partial charge in [0.1, 0.15) is 0 Å². The minimum Gasteiger partial charge on any atom is -0.324 e. The Labute approximate surface area is 141 Å². The second-order valence-corrected chi connectivity index (χ2v) is 8.12. The summed E-state index contributed by atoms with van der Waals surface area (Å²) < 4.78 is 24.7. The van der Waals surface area contributed by atoms with Gasteiger partial charge >= 0.3 is 6.03 Å². The summed E-state index contributed by atoms with van der Waals surface area (Å²) >= 11 is 0. The van der Waals surface area contributed by atoms with Crippen molar-refractivity contribution in [3.63, 3.8) is 0 Å². The van der Waals surface area contributed by atoms with Crippen LogP contribution in [0.4, 0.5) is 10.5 Å². The average Bonchev–Trinajstić information content (AvgIpc) is 3.15. The summed E-state index contributed by atoms with van der Waals surface area (Å²) in [5.41, 5.74) is 1.72. The number of hydrogen-bond acceptors (Lipinski definition) is 4. The van der Waals surface area contributed by atoms with Crippen molar-refractivity contribution in [2.75, 3.05) is 24.7 Å². The van der Waals surface area contributed by atoms with Crippen molar-refractivity contribution in [1.82, 2.24) is 14.7 Å². The number of amides is 2. The van der Waals surface area contributed by atoms with Crippen LogP contribution in [0.15, 0.2) is 41.6 Å². The van der Waals surface area contributed by atoms with Crippen LogP contribution in [-0.4, -0.2) is 48.5 Å². The number of sulfone groups is 1. The van der Waals surface area contributed by atoms with E-state index in [1.165, 1.54) is 12.1 Å². The lowest BCUT2D eigenvalue weighted by atomic mass is 10.0. The molecule has 0 saturated carbocycles. The van der Waals surface area contributed by atoms with Gasteiger partial charge < -0.3 is 10.2 Å². The highest BCUT2D eigenvalue weighted by Crippen LogP contribution is 2.27. The number of nitrogens with one attached hydrogen (secondary N) is 1. The lowest BCUT2D eigenvalue weighted by molar-refractivity contribution is 0.222. The first kappa shape index (κ1) is 16.5. The van der Waals surface area contributed by atoms with Gasteiger partial charge in [-0.3, -0.25) is 4.68 Å². The van der Waals surface area contributed by atoms with Crippen LogP contribution in [-0.2, 0) is 16.9 Å². The molecule has 0 aliphatic carbocycles. The Hall–Kier alpha value is -2.35. The van der Waals surface area contributed by atoms with Gasteiger partial charge in [0, 0.05) is 44.2 Å². The van der Waals surface area contributed by atoms with Crippen molar-refractivity contribution in [3.05, 3.63) is 42.2 Å². The molecule has 1 N–H and O–H groups in total. The number of urea groups is 1. The second kappa shape index (κ2) is 6.27. The van der Waals surface area contributed by atoms with Crippen LogP contribution in [0.3, 0.4) is 0 Å². The number of carbonyl (C=O) groups excluding carboxylic acids is 1. The molecule has 0 bridgehead atoms. The third-order valence-electron chi connectivity index (χ3n) is 4.21. The first-order valence-corrected chi connectivity index (χ1v) is 9.56. The summed E-state index contributed by atoms with van der Waals surface area (Å²) in [5, 5.41) is 6.99.